The first-order valence-electron chi connectivity index (χ1n) is 8.63. The normalized spacial score (nSPS) is 15.0. The average molecular weight is 433 g/mol. The highest BCUT2D eigenvalue weighted by molar-refractivity contribution is 14.1. The number of Topliss-reactive ketones (excluding diaryl/α,β-unsaturated/α-hetero) is 1. The highest BCUT2D eigenvalue weighted by atomic mass is 127. The summed E-state index contributed by atoms with van der Waals surface area (Å²) in [4.78, 5) is 15.1. The van der Waals surface area contributed by atoms with Crippen LogP contribution in [0.25, 0.3) is 0 Å². The van der Waals surface area contributed by atoms with Gasteiger partial charge in [-0.1, -0.05) is 30.3 Å². The molecule has 0 N–H and O–H groups in total. The molecule has 0 saturated carbocycles. The summed E-state index contributed by atoms with van der Waals surface area (Å²) in [5, 5.41) is 0. The summed E-state index contributed by atoms with van der Waals surface area (Å²) < 4.78 is 1.15. The van der Waals surface area contributed by atoms with Gasteiger partial charge in [0, 0.05) is 22.1 Å². The minimum atomic E-state index is 0.194. The molecule has 1 aliphatic rings. The van der Waals surface area contributed by atoms with Crippen LogP contribution in [0.2, 0.25) is 0 Å². The molecule has 0 aliphatic carbocycles. The molecule has 3 rings (SSSR count). The van der Waals surface area contributed by atoms with E-state index in [1.165, 1.54) is 42.6 Å². The highest BCUT2D eigenvalue weighted by Crippen LogP contribution is 2.19. The Bertz CT molecular complexity index is 747. The largest absolute Gasteiger partial charge is 0.299 e. The maximum Gasteiger partial charge on any atom is 0.167 e. The Hall–Kier alpha value is -1.20. The van der Waals surface area contributed by atoms with Crippen molar-refractivity contribution < 1.29 is 4.79 Å². The van der Waals surface area contributed by atoms with Crippen LogP contribution >= 0.6 is 22.6 Å². The molecule has 0 spiro atoms. The van der Waals surface area contributed by atoms with Crippen molar-refractivity contribution in [3.63, 3.8) is 0 Å². The lowest BCUT2D eigenvalue weighted by molar-refractivity contribution is 0.0993. The fraction of sp³-hybridized carbons (Fsp3) is 0.381. The van der Waals surface area contributed by atoms with Gasteiger partial charge < -0.3 is 0 Å². The van der Waals surface area contributed by atoms with Crippen LogP contribution in [0.3, 0.4) is 0 Å². The molecule has 1 saturated heterocycles. The van der Waals surface area contributed by atoms with Crippen molar-refractivity contribution in [2.45, 2.75) is 39.7 Å². The van der Waals surface area contributed by atoms with Crippen LogP contribution in [0, 0.1) is 17.4 Å². The molecule has 1 fully saturated rings. The van der Waals surface area contributed by atoms with Crippen LogP contribution < -0.4 is 0 Å². The minimum Gasteiger partial charge on any atom is -0.299 e. The summed E-state index contributed by atoms with van der Waals surface area (Å²) in [6.45, 7) is 7.69. The molecule has 2 nitrogen and oxygen atoms in total. The first kappa shape index (κ1) is 17.6. The molecule has 0 amide bonds. The summed E-state index contributed by atoms with van der Waals surface area (Å²) in [6, 6.07) is 12.5. The van der Waals surface area contributed by atoms with Crippen LogP contribution in [-0.2, 0) is 13.0 Å². The third kappa shape index (κ3) is 4.25. The van der Waals surface area contributed by atoms with Crippen molar-refractivity contribution >= 4 is 28.4 Å². The lowest BCUT2D eigenvalue weighted by Gasteiger charge is -2.17. The van der Waals surface area contributed by atoms with E-state index in [0.29, 0.717) is 6.42 Å². The van der Waals surface area contributed by atoms with Gasteiger partial charge in [-0.05, 0) is 90.7 Å². The van der Waals surface area contributed by atoms with Crippen LogP contribution in [0.5, 0.6) is 0 Å². The lowest BCUT2D eigenvalue weighted by atomic mass is 9.98. The quantitative estimate of drug-likeness (QED) is 0.493. The predicted octanol–water partition coefficient (Wildman–Crippen LogP) is 4.93. The number of likely N-dealkylation sites (tertiary alicyclic amines) is 1. The van der Waals surface area contributed by atoms with Crippen LogP contribution in [0.4, 0.5) is 0 Å². The number of hydrogen-bond donors (Lipinski definition) is 0. The van der Waals surface area contributed by atoms with Crippen molar-refractivity contribution in [2.24, 2.45) is 0 Å². The molecule has 0 bridgehead atoms. The van der Waals surface area contributed by atoms with Crippen LogP contribution in [0.1, 0.15) is 45.5 Å². The highest BCUT2D eigenvalue weighted by Gasteiger charge is 2.14. The molecule has 1 heterocycles. The topological polar surface area (TPSA) is 20.3 Å². The maximum absolute atomic E-state index is 12.5. The second-order valence-corrected chi connectivity index (χ2v) is 7.97. The monoisotopic (exact) mass is 433 g/mol. The summed E-state index contributed by atoms with van der Waals surface area (Å²) in [5.41, 5.74) is 5.82. The molecule has 0 aromatic heterocycles. The summed E-state index contributed by atoms with van der Waals surface area (Å²) in [6.07, 6.45) is 3.12. The second kappa shape index (κ2) is 7.79. The SMILES string of the molecule is Cc1ccc(C(=O)Cc2ccc(CN3CCCC3)c(C)c2)cc1I. The van der Waals surface area contributed by atoms with Crippen molar-refractivity contribution in [2.75, 3.05) is 13.1 Å². The summed E-state index contributed by atoms with van der Waals surface area (Å²) >= 11 is 2.29. The van der Waals surface area contributed by atoms with E-state index in [9.17, 15) is 4.79 Å². The molecule has 126 valence electrons. The zero-order valence-corrected chi connectivity index (χ0v) is 16.6. The van der Waals surface area contributed by atoms with Gasteiger partial charge in [0.15, 0.2) is 5.78 Å². The van der Waals surface area contributed by atoms with Gasteiger partial charge in [0.25, 0.3) is 0 Å². The number of halogens is 1. The van der Waals surface area contributed by atoms with E-state index in [0.717, 1.165) is 21.2 Å². The Labute approximate surface area is 158 Å². The van der Waals surface area contributed by atoms with Crippen molar-refractivity contribution in [3.05, 3.63) is 67.8 Å². The Morgan fingerprint density at radius 2 is 1.79 bits per heavy atom. The predicted molar refractivity (Wildman–Crippen MR) is 108 cm³/mol. The number of ketones is 1. The first-order chi connectivity index (χ1) is 11.5. The molecule has 2 aromatic carbocycles. The number of rotatable bonds is 5. The van der Waals surface area contributed by atoms with Crippen molar-refractivity contribution in [3.8, 4) is 0 Å². The maximum atomic E-state index is 12.5. The Morgan fingerprint density at radius 3 is 2.46 bits per heavy atom. The van der Waals surface area contributed by atoms with Gasteiger partial charge in [-0.15, -0.1) is 0 Å². The van der Waals surface area contributed by atoms with E-state index < -0.39 is 0 Å². The number of aryl methyl sites for hydroxylation is 2. The van der Waals surface area contributed by atoms with Gasteiger partial charge in [0.05, 0.1) is 0 Å². The first-order valence-corrected chi connectivity index (χ1v) is 9.71. The van der Waals surface area contributed by atoms with E-state index in [4.69, 9.17) is 0 Å². The van der Waals surface area contributed by atoms with Gasteiger partial charge in [0.2, 0.25) is 0 Å². The van der Waals surface area contributed by atoms with Crippen molar-refractivity contribution in [1.82, 2.24) is 4.90 Å². The lowest BCUT2D eigenvalue weighted by Crippen LogP contribution is -2.19. The molecule has 0 unspecified atom stereocenters. The van der Waals surface area contributed by atoms with Gasteiger partial charge in [-0.2, -0.15) is 0 Å². The molecule has 2 aromatic rings. The van der Waals surface area contributed by atoms with E-state index in [-0.39, 0.29) is 5.78 Å². The molecule has 0 radical (unpaired) electrons. The third-order valence-corrected chi connectivity index (χ3v) is 6.02. The molecular weight excluding hydrogens is 409 g/mol. The summed E-state index contributed by atoms with van der Waals surface area (Å²) in [7, 11) is 0. The van der Waals surface area contributed by atoms with Crippen LogP contribution in [0.15, 0.2) is 36.4 Å². The standard InChI is InChI=1S/C21H24INO/c1-15-5-7-18(13-20(15)22)21(24)12-17-6-8-19(16(2)11-17)14-23-9-3-4-10-23/h5-8,11,13H,3-4,9-10,12,14H2,1-2H3. The molecule has 1 aliphatic heterocycles. The number of hydrogen-bond acceptors (Lipinski definition) is 2. The minimum absolute atomic E-state index is 0.194. The summed E-state index contributed by atoms with van der Waals surface area (Å²) in [5.74, 6) is 0.194. The number of nitrogens with zero attached hydrogens (tertiary/aromatic N) is 1. The molecule has 3 heteroatoms. The molecular formula is C21H24INO. The Balaban J connectivity index is 1.69. The van der Waals surface area contributed by atoms with E-state index in [2.05, 4.69) is 59.5 Å². The van der Waals surface area contributed by atoms with Crippen molar-refractivity contribution in [1.29, 1.82) is 0 Å². The number of carbonyl (C=O) groups excluding carboxylic acids is 1. The molecule has 24 heavy (non-hydrogen) atoms. The second-order valence-electron chi connectivity index (χ2n) is 6.81. The molecule has 0 atom stereocenters. The van der Waals surface area contributed by atoms with E-state index >= 15 is 0 Å². The fourth-order valence-electron chi connectivity index (χ4n) is 3.28. The van der Waals surface area contributed by atoms with Gasteiger partial charge in [-0.3, -0.25) is 9.69 Å². The third-order valence-electron chi connectivity index (χ3n) is 4.86. The zero-order chi connectivity index (χ0) is 17.1. The van der Waals surface area contributed by atoms with Gasteiger partial charge in [0.1, 0.15) is 0 Å². The average Bonchev–Trinajstić information content (AvgIpc) is 3.05. The van der Waals surface area contributed by atoms with E-state index in [1.54, 1.807) is 0 Å². The zero-order valence-electron chi connectivity index (χ0n) is 14.4. The van der Waals surface area contributed by atoms with Crippen LogP contribution in [-0.4, -0.2) is 23.8 Å². The smallest absolute Gasteiger partial charge is 0.167 e. The number of carbonyl (C=O) groups is 1. The fourth-order valence-corrected chi connectivity index (χ4v) is 3.80. The van der Waals surface area contributed by atoms with Gasteiger partial charge in [-0.25, -0.2) is 0 Å². The Morgan fingerprint density at radius 1 is 1.04 bits per heavy atom. The van der Waals surface area contributed by atoms with E-state index in [1.807, 2.05) is 18.2 Å². The number of benzene rings is 2. The van der Waals surface area contributed by atoms with Gasteiger partial charge >= 0.3 is 0 Å². The Kier molecular flexibility index (Phi) is 5.72.